The summed E-state index contributed by atoms with van der Waals surface area (Å²) in [5, 5.41) is 2.81. The Morgan fingerprint density at radius 3 is 1.50 bits per heavy atom. The van der Waals surface area contributed by atoms with Gasteiger partial charge in [0.05, 0.1) is 9.40 Å². The molecule has 0 bridgehead atoms. The molecule has 4 rings (SSSR count). The Morgan fingerprint density at radius 1 is 0.562 bits per heavy atom. The molecule has 0 aliphatic heterocycles. The van der Waals surface area contributed by atoms with Crippen LogP contribution in [0, 0.1) is 0 Å². The maximum atomic E-state index is 2.23. The lowest BCUT2D eigenvalue weighted by molar-refractivity contribution is 1.87. The van der Waals surface area contributed by atoms with Crippen molar-refractivity contribution >= 4 is 52.2 Å². The van der Waals surface area contributed by atoms with Crippen molar-refractivity contribution in [3.63, 3.8) is 0 Å². The molecule has 0 atom stereocenters. The molecule has 0 aliphatic carbocycles. The molecule has 0 fully saturated rings. The summed E-state index contributed by atoms with van der Waals surface area (Å²) < 4.78 is 5.69. The molecule has 2 heteroatoms. The van der Waals surface area contributed by atoms with Crippen LogP contribution in [0.25, 0.3) is 29.6 Å². The first-order chi connectivity index (χ1) is 7.93. The van der Waals surface area contributed by atoms with Gasteiger partial charge in [0, 0.05) is 20.2 Å². The molecule has 2 aromatic carbocycles. The number of rotatable bonds is 0. The fraction of sp³-hybridized carbons (Fsp3) is 0. The Kier molecular flexibility index (Phi) is 1.67. The third kappa shape index (κ3) is 1.03. The van der Waals surface area contributed by atoms with Crippen molar-refractivity contribution in [2.45, 2.75) is 0 Å². The number of hydrogen-bond donors (Lipinski definition) is 0. The number of fused-ring (bicyclic) bond motifs is 5. The monoisotopic (exact) mass is 240 g/mol. The highest BCUT2D eigenvalue weighted by Gasteiger charge is 2.10. The topological polar surface area (TPSA) is 0 Å². The molecule has 0 saturated heterocycles. The molecule has 2 heterocycles. The summed E-state index contributed by atoms with van der Waals surface area (Å²) >= 11 is 3.82. The van der Waals surface area contributed by atoms with E-state index in [2.05, 4.69) is 48.5 Å². The average molecular weight is 240 g/mol. The van der Waals surface area contributed by atoms with Gasteiger partial charge in [-0.3, -0.25) is 0 Å². The standard InChI is InChI=1S/C14H8S2/c1-3-7-11-9(5-1)13-14(15-11)10-6-2-4-8-12(10)16-13/h1-8H. The molecule has 0 radical (unpaired) electrons. The van der Waals surface area contributed by atoms with E-state index >= 15 is 0 Å². The van der Waals surface area contributed by atoms with E-state index in [1.54, 1.807) is 0 Å². The van der Waals surface area contributed by atoms with Crippen molar-refractivity contribution in [1.29, 1.82) is 0 Å². The summed E-state index contributed by atoms with van der Waals surface area (Å²) in [6.45, 7) is 0. The molecule has 0 amide bonds. The van der Waals surface area contributed by atoms with Crippen LogP contribution in [0.2, 0.25) is 0 Å². The van der Waals surface area contributed by atoms with E-state index < -0.39 is 0 Å². The van der Waals surface area contributed by atoms with Crippen LogP contribution in [-0.2, 0) is 0 Å². The molecule has 2 aromatic heterocycles. The van der Waals surface area contributed by atoms with Gasteiger partial charge in [-0.15, -0.1) is 22.7 Å². The van der Waals surface area contributed by atoms with Gasteiger partial charge in [0.1, 0.15) is 0 Å². The molecule has 76 valence electrons. The summed E-state index contributed by atoms with van der Waals surface area (Å²) in [5.41, 5.74) is 0. The van der Waals surface area contributed by atoms with Crippen LogP contribution in [-0.4, -0.2) is 0 Å². The molecule has 16 heavy (non-hydrogen) atoms. The smallest absolute Gasteiger partial charge is 0.0542 e. The van der Waals surface area contributed by atoms with E-state index in [1.807, 2.05) is 22.7 Å². The molecular formula is C14H8S2. The SMILES string of the molecule is c1ccc2c(c1)sc1c3ccccc3sc21. The summed E-state index contributed by atoms with van der Waals surface area (Å²) in [6, 6.07) is 17.4. The van der Waals surface area contributed by atoms with Crippen LogP contribution in [0.15, 0.2) is 48.5 Å². The summed E-state index contributed by atoms with van der Waals surface area (Å²) in [5.74, 6) is 0. The van der Waals surface area contributed by atoms with Crippen molar-refractivity contribution in [1.82, 2.24) is 0 Å². The third-order valence-electron chi connectivity index (χ3n) is 2.89. The average Bonchev–Trinajstić information content (AvgIpc) is 2.85. The quantitative estimate of drug-likeness (QED) is 0.393. The van der Waals surface area contributed by atoms with Crippen LogP contribution in [0.1, 0.15) is 0 Å². The second-order valence-corrected chi connectivity index (χ2v) is 5.96. The Bertz CT molecular complexity index is 735. The first-order valence-corrected chi connectivity index (χ1v) is 6.85. The Morgan fingerprint density at radius 2 is 1.00 bits per heavy atom. The van der Waals surface area contributed by atoms with Crippen LogP contribution >= 0.6 is 22.7 Å². The van der Waals surface area contributed by atoms with Gasteiger partial charge < -0.3 is 0 Å². The molecule has 0 unspecified atom stereocenters. The van der Waals surface area contributed by atoms with Crippen molar-refractivity contribution in [2.24, 2.45) is 0 Å². The lowest BCUT2D eigenvalue weighted by Gasteiger charge is -1.87. The van der Waals surface area contributed by atoms with Gasteiger partial charge in [0.2, 0.25) is 0 Å². The maximum Gasteiger partial charge on any atom is 0.0542 e. The van der Waals surface area contributed by atoms with Crippen molar-refractivity contribution in [3.8, 4) is 0 Å². The minimum Gasteiger partial charge on any atom is -0.134 e. The Labute approximate surface area is 101 Å². The van der Waals surface area contributed by atoms with Gasteiger partial charge in [-0.1, -0.05) is 36.4 Å². The van der Waals surface area contributed by atoms with Gasteiger partial charge >= 0.3 is 0 Å². The molecule has 0 nitrogen and oxygen atoms in total. The predicted octanol–water partition coefficient (Wildman–Crippen LogP) is 5.27. The molecule has 0 aliphatic rings. The zero-order chi connectivity index (χ0) is 10.5. The molecule has 4 aromatic rings. The van der Waals surface area contributed by atoms with E-state index in [0.717, 1.165) is 0 Å². The Hall–Kier alpha value is -1.38. The second kappa shape index (κ2) is 3.06. The van der Waals surface area contributed by atoms with Gasteiger partial charge in [0.25, 0.3) is 0 Å². The van der Waals surface area contributed by atoms with Gasteiger partial charge in [0.15, 0.2) is 0 Å². The second-order valence-electron chi connectivity index (χ2n) is 3.85. The zero-order valence-electron chi connectivity index (χ0n) is 8.44. The minimum atomic E-state index is 1.40. The summed E-state index contributed by atoms with van der Waals surface area (Å²) in [4.78, 5) is 0. The van der Waals surface area contributed by atoms with Gasteiger partial charge in [-0.2, -0.15) is 0 Å². The highest BCUT2D eigenvalue weighted by Crippen LogP contribution is 2.43. The maximum absolute atomic E-state index is 2.23. The lowest BCUT2D eigenvalue weighted by Crippen LogP contribution is -1.58. The van der Waals surface area contributed by atoms with Crippen molar-refractivity contribution in [2.75, 3.05) is 0 Å². The molecule has 0 N–H and O–H groups in total. The lowest BCUT2D eigenvalue weighted by atomic mass is 10.2. The highest BCUT2D eigenvalue weighted by molar-refractivity contribution is 7.36. The highest BCUT2D eigenvalue weighted by atomic mass is 32.1. The first-order valence-electron chi connectivity index (χ1n) is 5.22. The molecule has 0 spiro atoms. The van der Waals surface area contributed by atoms with Crippen molar-refractivity contribution < 1.29 is 0 Å². The van der Waals surface area contributed by atoms with Gasteiger partial charge in [-0.25, -0.2) is 0 Å². The van der Waals surface area contributed by atoms with Crippen molar-refractivity contribution in [3.05, 3.63) is 48.5 Å². The van der Waals surface area contributed by atoms with Crippen LogP contribution < -0.4 is 0 Å². The number of benzene rings is 2. The third-order valence-corrected chi connectivity index (χ3v) is 5.43. The number of thiophene rings is 2. The van der Waals surface area contributed by atoms with E-state index in [1.165, 1.54) is 29.6 Å². The molecular weight excluding hydrogens is 232 g/mol. The Balaban J connectivity index is 2.35. The largest absolute Gasteiger partial charge is 0.134 e. The minimum absolute atomic E-state index is 1.40. The van der Waals surface area contributed by atoms with E-state index in [9.17, 15) is 0 Å². The number of hydrogen-bond acceptors (Lipinski definition) is 2. The summed E-state index contributed by atoms with van der Waals surface area (Å²) in [6.07, 6.45) is 0. The molecule has 0 saturated carbocycles. The van der Waals surface area contributed by atoms with Crippen LogP contribution in [0.4, 0.5) is 0 Å². The normalized spacial score (nSPS) is 11.8. The fourth-order valence-electron chi connectivity index (χ4n) is 2.15. The van der Waals surface area contributed by atoms with Crippen LogP contribution in [0.5, 0.6) is 0 Å². The van der Waals surface area contributed by atoms with E-state index in [-0.39, 0.29) is 0 Å². The van der Waals surface area contributed by atoms with E-state index in [4.69, 9.17) is 0 Å². The fourth-order valence-corrected chi connectivity index (χ4v) is 4.81. The van der Waals surface area contributed by atoms with Crippen LogP contribution in [0.3, 0.4) is 0 Å². The zero-order valence-corrected chi connectivity index (χ0v) is 10.1. The first kappa shape index (κ1) is 8.74. The van der Waals surface area contributed by atoms with E-state index in [0.29, 0.717) is 0 Å². The predicted molar refractivity (Wildman–Crippen MR) is 74.7 cm³/mol. The summed E-state index contributed by atoms with van der Waals surface area (Å²) in [7, 11) is 0. The van der Waals surface area contributed by atoms with Gasteiger partial charge in [-0.05, 0) is 12.1 Å².